The monoisotopic (exact) mass is 596 g/mol. The minimum atomic E-state index is -5.34. The molecule has 0 amide bonds. The van der Waals surface area contributed by atoms with Gasteiger partial charge in [-0.05, 0) is 42.7 Å². The Labute approximate surface area is 223 Å². The van der Waals surface area contributed by atoms with Crippen molar-refractivity contribution in [1.82, 2.24) is 0 Å². The molecule has 3 aromatic carbocycles. The lowest BCUT2D eigenvalue weighted by atomic mass is 10.0. The molecule has 0 atom stereocenters. The summed E-state index contributed by atoms with van der Waals surface area (Å²) in [4.78, 5) is 19.3. The smallest absolute Gasteiger partial charge is 0.270 e. The van der Waals surface area contributed by atoms with Crippen molar-refractivity contribution in [1.29, 1.82) is 0 Å². The van der Waals surface area contributed by atoms with Crippen LogP contribution in [0.15, 0.2) is 76.5 Å². The number of aryl methyl sites for hydroxylation is 1. The van der Waals surface area contributed by atoms with E-state index in [9.17, 15) is 45.5 Å². The molecular formula is C22H20N4O10S3. The average Bonchev–Trinajstić information content (AvgIpc) is 2.87. The summed E-state index contributed by atoms with van der Waals surface area (Å²) in [6.07, 6.45) is 1.79. The summed E-state index contributed by atoms with van der Waals surface area (Å²) >= 11 is 0. The second kappa shape index (κ2) is 9.90. The van der Waals surface area contributed by atoms with Crippen molar-refractivity contribution in [2.24, 2.45) is 0 Å². The number of nitrogens with zero attached hydrogens (tertiary/aromatic N) is 4. The van der Waals surface area contributed by atoms with E-state index in [0.29, 0.717) is 18.4 Å². The van der Waals surface area contributed by atoms with Crippen molar-refractivity contribution in [3.63, 3.8) is 0 Å². The van der Waals surface area contributed by atoms with Gasteiger partial charge in [0.2, 0.25) is 10.0 Å². The largest absolute Gasteiger partial charge is 0.289 e. The third kappa shape index (κ3) is 5.02. The lowest BCUT2D eigenvalue weighted by Crippen LogP contribution is -2.38. The number of para-hydroxylation sites is 2. The van der Waals surface area contributed by atoms with Gasteiger partial charge in [0.05, 0.1) is 27.5 Å². The van der Waals surface area contributed by atoms with E-state index in [1.165, 1.54) is 18.2 Å². The summed E-state index contributed by atoms with van der Waals surface area (Å²) in [7, 11) is -14.5. The number of nitro benzene ring substituents is 2. The van der Waals surface area contributed by atoms with Gasteiger partial charge in [-0.25, -0.2) is 8.42 Å². The minimum absolute atomic E-state index is 0.0155. The number of hydrogen-bond acceptors (Lipinski definition) is 10. The van der Waals surface area contributed by atoms with E-state index in [0.717, 1.165) is 59.1 Å². The van der Waals surface area contributed by atoms with Gasteiger partial charge in [0.1, 0.15) is 0 Å². The molecule has 1 aliphatic rings. The quantitative estimate of drug-likeness (QED) is 0.275. The summed E-state index contributed by atoms with van der Waals surface area (Å²) in [5.74, 6) is 0. The Bertz CT molecular complexity index is 1740. The molecule has 4 rings (SSSR count). The number of nitro groups is 2. The molecule has 0 fully saturated rings. The molecule has 0 aromatic heterocycles. The van der Waals surface area contributed by atoms with E-state index in [1.54, 1.807) is 0 Å². The molecule has 0 saturated carbocycles. The summed E-state index contributed by atoms with van der Waals surface area (Å²) < 4.78 is 81.5. The van der Waals surface area contributed by atoms with Crippen molar-refractivity contribution in [2.45, 2.75) is 22.6 Å². The lowest BCUT2D eigenvalue weighted by Gasteiger charge is -2.31. The summed E-state index contributed by atoms with van der Waals surface area (Å²) in [6.45, 7) is 0.0447. The maximum Gasteiger partial charge on any atom is 0.289 e. The zero-order chi connectivity index (χ0) is 28.8. The molecule has 0 N–H and O–H groups in total. The van der Waals surface area contributed by atoms with Gasteiger partial charge in [0.15, 0.2) is 9.79 Å². The normalized spacial score (nSPS) is 13.9. The van der Waals surface area contributed by atoms with Gasteiger partial charge in [-0.3, -0.25) is 24.5 Å². The third-order valence-electron chi connectivity index (χ3n) is 5.87. The molecule has 17 heteroatoms. The van der Waals surface area contributed by atoms with Gasteiger partial charge < -0.3 is 0 Å². The summed E-state index contributed by atoms with van der Waals surface area (Å²) in [6, 6.07) is 11.5. The Morgan fingerprint density at radius 1 is 0.769 bits per heavy atom. The van der Waals surface area contributed by atoms with E-state index in [4.69, 9.17) is 0 Å². The number of hydrogen-bond donors (Lipinski definition) is 0. The highest BCUT2D eigenvalue weighted by molar-refractivity contribution is 8.10. The van der Waals surface area contributed by atoms with Crippen LogP contribution in [0.1, 0.15) is 12.0 Å². The van der Waals surface area contributed by atoms with Crippen LogP contribution in [0.4, 0.5) is 22.7 Å². The van der Waals surface area contributed by atoms with E-state index >= 15 is 0 Å². The van der Waals surface area contributed by atoms with Crippen molar-refractivity contribution >= 4 is 52.8 Å². The van der Waals surface area contributed by atoms with Crippen molar-refractivity contribution in [2.75, 3.05) is 20.8 Å². The van der Waals surface area contributed by atoms with Gasteiger partial charge in [-0.15, -0.1) is 0 Å². The van der Waals surface area contributed by atoms with Crippen LogP contribution < -0.4 is 8.02 Å². The van der Waals surface area contributed by atoms with E-state index < -0.39 is 66.8 Å². The van der Waals surface area contributed by atoms with Crippen LogP contribution in [0.3, 0.4) is 0 Å². The number of benzene rings is 3. The Morgan fingerprint density at radius 2 is 1.26 bits per heavy atom. The summed E-state index contributed by atoms with van der Waals surface area (Å²) in [5.41, 5.74) is -1.96. The molecule has 3 aromatic rings. The van der Waals surface area contributed by atoms with Crippen molar-refractivity contribution in [3.05, 3.63) is 92.5 Å². The third-order valence-corrected chi connectivity index (χ3v) is 11.3. The van der Waals surface area contributed by atoms with Crippen molar-refractivity contribution in [3.8, 4) is 0 Å². The molecule has 1 heterocycles. The molecule has 0 unspecified atom stereocenters. The van der Waals surface area contributed by atoms with Gasteiger partial charge in [-0.1, -0.05) is 30.3 Å². The zero-order valence-corrected chi connectivity index (χ0v) is 22.5. The first kappa shape index (κ1) is 27.9. The van der Waals surface area contributed by atoms with Gasteiger partial charge >= 0.3 is 0 Å². The van der Waals surface area contributed by atoms with E-state index in [2.05, 4.69) is 0 Å². The molecule has 1 aliphatic heterocycles. The van der Waals surface area contributed by atoms with Crippen molar-refractivity contribution < 1.29 is 35.1 Å². The number of rotatable bonds is 8. The molecule has 0 bridgehead atoms. The lowest BCUT2D eigenvalue weighted by molar-refractivity contribution is -0.388. The van der Waals surface area contributed by atoms with E-state index in [1.807, 2.05) is 0 Å². The first-order valence-corrected chi connectivity index (χ1v) is 15.8. The fourth-order valence-corrected chi connectivity index (χ4v) is 9.18. The van der Waals surface area contributed by atoms with Crippen LogP contribution in [-0.2, 0) is 36.5 Å². The van der Waals surface area contributed by atoms with Crippen LogP contribution in [0.2, 0.25) is 0 Å². The molecular weight excluding hydrogens is 576 g/mol. The Morgan fingerprint density at radius 3 is 1.72 bits per heavy atom. The fourth-order valence-electron chi connectivity index (χ4n) is 4.23. The number of anilines is 2. The van der Waals surface area contributed by atoms with Crippen LogP contribution >= 0.6 is 0 Å². The van der Waals surface area contributed by atoms with Crippen LogP contribution in [0.25, 0.3) is 0 Å². The zero-order valence-electron chi connectivity index (χ0n) is 20.1. The topological polar surface area (TPSA) is 195 Å². The van der Waals surface area contributed by atoms with Crippen LogP contribution in [-0.4, -0.2) is 47.9 Å². The highest BCUT2D eigenvalue weighted by atomic mass is 32.3. The molecule has 0 aliphatic carbocycles. The Kier molecular flexibility index (Phi) is 7.09. The highest BCUT2D eigenvalue weighted by Crippen LogP contribution is 2.40. The molecule has 39 heavy (non-hydrogen) atoms. The first-order valence-electron chi connectivity index (χ1n) is 11.1. The fraction of sp³-hybridized carbons (Fsp3) is 0.182. The minimum Gasteiger partial charge on any atom is -0.270 e. The molecule has 0 radical (unpaired) electrons. The van der Waals surface area contributed by atoms with Gasteiger partial charge in [0.25, 0.3) is 31.4 Å². The van der Waals surface area contributed by atoms with Gasteiger partial charge in [-0.2, -0.15) is 20.5 Å². The van der Waals surface area contributed by atoms with E-state index in [-0.39, 0.29) is 15.9 Å². The predicted molar refractivity (Wildman–Crippen MR) is 140 cm³/mol. The summed E-state index contributed by atoms with van der Waals surface area (Å²) in [5, 5.41) is 23.3. The molecule has 0 saturated heterocycles. The second-order valence-electron chi connectivity index (χ2n) is 8.41. The highest BCUT2D eigenvalue weighted by Gasteiger charge is 2.43. The maximum atomic E-state index is 13.9. The van der Waals surface area contributed by atoms with Crippen LogP contribution in [0.5, 0.6) is 0 Å². The predicted octanol–water partition coefficient (Wildman–Crippen LogP) is 2.80. The Hall–Kier alpha value is -4.09. The second-order valence-corrected chi connectivity index (χ2v) is 14.1. The molecule has 206 valence electrons. The number of sulfonamides is 3. The first-order chi connectivity index (χ1) is 18.2. The molecule has 0 spiro atoms. The molecule has 14 nitrogen and oxygen atoms in total. The maximum absolute atomic E-state index is 13.9. The Balaban J connectivity index is 2.08. The average molecular weight is 597 g/mol. The standard InChI is InChI=1S/C22H20N4O10S3/c1-37(31,32)23-14-6-7-16-12-13-17(15-20(16)23)26(38(33,34)21-10-4-2-8-18(21)24(27)28)39(35,36)22-11-5-3-9-19(22)25(29)30/h2-5,8-13,15H,6-7,14H2,1H3. The van der Waals surface area contributed by atoms with Gasteiger partial charge in [0, 0.05) is 18.7 Å². The SMILES string of the molecule is CS(=O)(=O)N1CCCc2ccc(N(S(=O)(=O)c3ccccc3[N+](=O)[O-])S(=O)(=O)c3ccccc3[N+](=O)[O-])cc21. The van der Waals surface area contributed by atoms with Crippen LogP contribution in [0, 0.1) is 20.2 Å². The number of fused-ring (bicyclic) bond motifs is 1.